The third kappa shape index (κ3) is 3.09. The van der Waals surface area contributed by atoms with Crippen molar-refractivity contribution in [3.63, 3.8) is 0 Å². The summed E-state index contributed by atoms with van der Waals surface area (Å²) in [6.07, 6.45) is 5.15. The summed E-state index contributed by atoms with van der Waals surface area (Å²) < 4.78 is 0.938. The zero-order valence-corrected chi connectivity index (χ0v) is 11.9. The van der Waals surface area contributed by atoms with Gasteiger partial charge in [0.15, 0.2) is 0 Å². The third-order valence-electron chi connectivity index (χ3n) is 3.05. The van der Waals surface area contributed by atoms with Crippen molar-refractivity contribution in [1.82, 2.24) is 9.97 Å². The Morgan fingerprint density at radius 3 is 2.71 bits per heavy atom. The highest BCUT2D eigenvalue weighted by molar-refractivity contribution is 9.10. The normalized spacial score (nSPS) is 23.0. The van der Waals surface area contributed by atoms with Crippen LogP contribution in [0, 0.1) is 5.92 Å². The van der Waals surface area contributed by atoms with Crippen molar-refractivity contribution < 1.29 is 0 Å². The predicted molar refractivity (Wildman–Crippen MR) is 74.3 cm³/mol. The number of aromatic nitrogens is 2. The standard InChI is InChI=1S/C12H19BrN4/c1-3-4-14-11-10(13)12(16-7-15-11)17-9-5-8(2)6-9/h7-9H,3-6H2,1-2H3,(H2,14,15,16,17). The Kier molecular flexibility index (Phi) is 4.20. The van der Waals surface area contributed by atoms with Gasteiger partial charge in [0.05, 0.1) is 0 Å². The lowest BCUT2D eigenvalue weighted by molar-refractivity contribution is 0.308. The van der Waals surface area contributed by atoms with Gasteiger partial charge >= 0.3 is 0 Å². The Labute approximate surface area is 111 Å². The molecule has 0 spiro atoms. The molecule has 17 heavy (non-hydrogen) atoms. The zero-order valence-electron chi connectivity index (χ0n) is 10.3. The van der Waals surface area contributed by atoms with Crippen molar-refractivity contribution in [1.29, 1.82) is 0 Å². The van der Waals surface area contributed by atoms with Crippen LogP contribution in [0.4, 0.5) is 11.6 Å². The minimum absolute atomic E-state index is 0.565. The van der Waals surface area contributed by atoms with Crippen molar-refractivity contribution in [3.05, 3.63) is 10.8 Å². The monoisotopic (exact) mass is 298 g/mol. The SMILES string of the molecule is CCCNc1ncnc(NC2CC(C)C2)c1Br. The van der Waals surface area contributed by atoms with E-state index in [9.17, 15) is 0 Å². The zero-order chi connectivity index (χ0) is 12.3. The molecule has 0 aliphatic heterocycles. The van der Waals surface area contributed by atoms with E-state index >= 15 is 0 Å². The molecule has 0 saturated heterocycles. The second-order valence-corrected chi connectivity index (χ2v) is 5.52. The topological polar surface area (TPSA) is 49.8 Å². The Hall–Kier alpha value is -0.840. The van der Waals surface area contributed by atoms with E-state index in [0.29, 0.717) is 6.04 Å². The van der Waals surface area contributed by atoms with E-state index in [0.717, 1.165) is 35.0 Å². The summed E-state index contributed by atoms with van der Waals surface area (Å²) in [5, 5.41) is 6.74. The molecule has 1 heterocycles. The number of hydrogen-bond acceptors (Lipinski definition) is 4. The van der Waals surface area contributed by atoms with E-state index in [1.165, 1.54) is 12.8 Å². The summed E-state index contributed by atoms with van der Waals surface area (Å²) >= 11 is 3.56. The average molecular weight is 299 g/mol. The van der Waals surface area contributed by atoms with Gasteiger partial charge in [0.25, 0.3) is 0 Å². The molecule has 5 heteroatoms. The van der Waals surface area contributed by atoms with E-state index in [2.05, 4.69) is 50.4 Å². The molecule has 1 aliphatic rings. The van der Waals surface area contributed by atoms with Gasteiger partial charge in [0.2, 0.25) is 0 Å². The number of rotatable bonds is 5. The summed E-state index contributed by atoms with van der Waals surface area (Å²) in [5.41, 5.74) is 0. The molecule has 1 aliphatic carbocycles. The van der Waals surface area contributed by atoms with Crippen molar-refractivity contribution in [2.75, 3.05) is 17.2 Å². The largest absolute Gasteiger partial charge is 0.369 e. The van der Waals surface area contributed by atoms with Crippen LogP contribution in [0.2, 0.25) is 0 Å². The number of anilines is 2. The maximum atomic E-state index is 4.28. The number of nitrogens with zero attached hydrogens (tertiary/aromatic N) is 2. The van der Waals surface area contributed by atoms with Crippen LogP contribution >= 0.6 is 15.9 Å². The van der Waals surface area contributed by atoms with Crippen LogP contribution in [0.15, 0.2) is 10.8 Å². The third-order valence-corrected chi connectivity index (χ3v) is 3.80. The van der Waals surface area contributed by atoms with Gasteiger partial charge in [-0.15, -0.1) is 0 Å². The van der Waals surface area contributed by atoms with Gasteiger partial charge < -0.3 is 10.6 Å². The first kappa shape index (κ1) is 12.6. The second kappa shape index (κ2) is 5.67. The van der Waals surface area contributed by atoms with Gasteiger partial charge in [-0.05, 0) is 41.1 Å². The van der Waals surface area contributed by atoms with Crippen LogP contribution < -0.4 is 10.6 Å². The predicted octanol–water partition coefficient (Wildman–Crippen LogP) is 3.27. The molecule has 1 saturated carbocycles. The molecular formula is C12H19BrN4. The molecule has 1 aromatic heterocycles. The smallest absolute Gasteiger partial charge is 0.146 e. The van der Waals surface area contributed by atoms with Gasteiger partial charge in [-0.3, -0.25) is 0 Å². The van der Waals surface area contributed by atoms with E-state index in [4.69, 9.17) is 0 Å². The van der Waals surface area contributed by atoms with E-state index < -0.39 is 0 Å². The molecule has 1 fully saturated rings. The lowest BCUT2D eigenvalue weighted by Crippen LogP contribution is -2.34. The highest BCUT2D eigenvalue weighted by atomic mass is 79.9. The molecule has 94 valence electrons. The Balaban J connectivity index is 2.01. The summed E-state index contributed by atoms with van der Waals surface area (Å²) in [6, 6.07) is 0.565. The van der Waals surface area contributed by atoms with Crippen LogP contribution in [0.5, 0.6) is 0 Å². The number of halogens is 1. The van der Waals surface area contributed by atoms with Crippen LogP contribution in [0.3, 0.4) is 0 Å². The van der Waals surface area contributed by atoms with Crippen LogP contribution in [-0.2, 0) is 0 Å². The van der Waals surface area contributed by atoms with Gasteiger partial charge in [0.1, 0.15) is 22.4 Å². The lowest BCUT2D eigenvalue weighted by atomic mass is 9.82. The molecule has 0 amide bonds. The van der Waals surface area contributed by atoms with Gasteiger partial charge in [-0.25, -0.2) is 9.97 Å². The van der Waals surface area contributed by atoms with Gasteiger partial charge in [0, 0.05) is 12.6 Å². The Morgan fingerprint density at radius 2 is 2.06 bits per heavy atom. The molecule has 0 unspecified atom stereocenters. The first-order valence-corrected chi connectivity index (χ1v) is 7.01. The molecular weight excluding hydrogens is 280 g/mol. The quantitative estimate of drug-likeness (QED) is 0.876. The second-order valence-electron chi connectivity index (χ2n) is 4.73. The molecule has 0 atom stereocenters. The van der Waals surface area contributed by atoms with Crippen molar-refractivity contribution in [3.8, 4) is 0 Å². The Morgan fingerprint density at radius 1 is 1.35 bits per heavy atom. The van der Waals surface area contributed by atoms with Crippen molar-refractivity contribution in [2.24, 2.45) is 5.92 Å². The molecule has 0 radical (unpaired) electrons. The average Bonchev–Trinajstić information content (AvgIpc) is 2.28. The maximum absolute atomic E-state index is 4.28. The van der Waals surface area contributed by atoms with Crippen LogP contribution in [0.25, 0.3) is 0 Å². The number of hydrogen-bond donors (Lipinski definition) is 2. The van der Waals surface area contributed by atoms with Gasteiger partial charge in [-0.1, -0.05) is 13.8 Å². The lowest BCUT2D eigenvalue weighted by Gasteiger charge is -2.33. The summed E-state index contributed by atoms with van der Waals surface area (Å²) in [4.78, 5) is 8.52. The summed E-state index contributed by atoms with van der Waals surface area (Å²) in [6.45, 7) is 5.34. The highest BCUT2D eigenvalue weighted by Crippen LogP contribution is 2.33. The summed E-state index contributed by atoms with van der Waals surface area (Å²) in [7, 11) is 0. The molecule has 0 bridgehead atoms. The fourth-order valence-corrected chi connectivity index (χ4v) is 2.51. The minimum atomic E-state index is 0.565. The van der Waals surface area contributed by atoms with E-state index in [1.807, 2.05) is 0 Å². The van der Waals surface area contributed by atoms with E-state index in [-0.39, 0.29) is 0 Å². The Bertz CT molecular complexity index is 377. The fraction of sp³-hybridized carbons (Fsp3) is 0.667. The van der Waals surface area contributed by atoms with Crippen LogP contribution in [0.1, 0.15) is 33.1 Å². The molecule has 1 aromatic rings. The maximum Gasteiger partial charge on any atom is 0.146 e. The minimum Gasteiger partial charge on any atom is -0.369 e. The van der Waals surface area contributed by atoms with E-state index in [1.54, 1.807) is 6.33 Å². The fourth-order valence-electron chi connectivity index (χ4n) is 2.05. The van der Waals surface area contributed by atoms with Crippen LogP contribution in [-0.4, -0.2) is 22.6 Å². The molecule has 2 rings (SSSR count). The number of nitrogens with one attached hydrogen (secondary N) is 2. The van der Waals surface area contributed by atoms with Crippen molar-refractivity contribution in [2.45, 2.75) is 39.2 Å². The first-order chi connectivity index (χ1) is 8.20. The van der Waals surface area contributed by atoms with Gasteiger partial charge in [-0.2, -0.15) is 0 Å². The van der Waals surface area contributed by atoms with Crippen molar-refractivity contribution >= 4 is 27.6 Å². The summed E-state index contributed by atoms with van der Waals surface area (Å²) in [5.74, 6) is 2.61. The highest BCUT2D eigenvalue weighted by Gasteiger charge is 2.26. The molecule has 2 N–H and O–H groups in total. The first-order valence-electron chi connectivity index (χ1n) is 6.21. The molecule has 0 aromatic carbocycles. The molecule has 4 nitrogen and oxygen atoms in total.